The number of amides is 1. The highest BCUT2D eigenvalue weighted by Gasteiger charge is 2.45. The minimum atomic E-state index is -1.87. The molecule has 0 fully saturated rings. The molecule has 3 aromatic rings. The number of ether oxygens (including phenoxy) is 2. The number of nitrogens with one attached hydrogen (secondary N) is 1. The summed E-state index contributed by atoms with van der Waals surface area (Å²) in [5.74, 6) is -0.759. The molecule has 9 heteroatoms. The van der Waals surface area contributed by atoms with Gasteiger partial charge in [-0.05, 0) is 30.7 Å². The van der Waals surface area contributed by atoms with Crippen molar-refractivity contribution in [2.24, 2.45) is 0 Å². The summed E-state index contributed by atoms with van der Waals surface area (Å²) in [6.45, 7) is 5.36. The Kier molecular flexibility index (Phi) is 4.79. The van der Waals surface area contributed by atoms with Gasteiger partial charge in [0.25, 0.3) is 5.56 Å². The first-order valence-electron chi connectivity index (χ1n) is 10.5. The van der Waals surface area contributed by atoms with E-state index in [4.69, 9.17) is 14.5 Å². The summed E-state index contributed by atoms with van der Waals surface area (Å²) in [7, 11) is 0. The zero-order chi connectivity index (χ0) is 23.3. The van der Waals surface area contributed by atoms with Crippen LogP contribution in [0.15, 0.2) is 47.8 Å². The summed E-state index contributed by atoms with van der Waals surface area (Å²) < 4.78 is 11.7. The third kappa shape index (κ3) is 3.12. The monoisotopic (exact) mass is 447 g/mol. The highest BCUT2D eigenvalue weighted by atomic mass is 16.6. The van der Waals surface area contributed by atoms with E-state index >= 15 is 0 Å². The smallest absolute Gasteiger partial charge is 0.411 e. The molecular weight excluding hydrogens is 426 g/mol. The molecule has 2 aliphatic rings. The van der Waals surface area contributed by atoms with Gasteiger partial charge in [-0.1, -0.05) is 25.6 Å². The van der Waals surface area contributed by atoms with Gasteiger partial charge >= 0.3 is 12.1 Å². The summed E-state index contributed by atoms with van der Waals surface area (Å²) in [5, 5.41) is 14.4. The molecule has 0 radical (unpaired) electrons. The number of fused-ring (bicyclic) bond motifs is 5. The van der Waals surface area contributed by atoms with Crippen molar-refractivity contribution in [3.05, 3.63) is 70.0 Å². The average molecular weight is 447 g/mol. The molecule has 0 aliphatic carbocycles. The van der Waals surface area contributed by atoms with Crippen molar-refractivity contribution < 1.29 is 24.2 Å². The molecule has 1 amide bonds. The van der Waals surface area contributed by atoms with Gasteiger partial charge in [0.15, 0.2) is 5.60 Å². The minimum absolute atomic E-state index is 0.0801. The molecule has 0 bridgehead atoms. The van der Waals surface area contributed by atoms with Crippen LogP contribution in [-0.2, 0) is 33.0 Å². The maximum atomic E-state index is 13.2. The maximum Gasteiger partial charge on any atom is 0.411 e. The van der Waals surface area contributed by atoms with Crippen LogP contribution in [0.25, 0.3) is 22.3 Å². The van der Waals surface area contributed by atoms with Crippen LogP contribution in [0.2, 0.25) is 0 Å². The number of nitrogens with zero attached hydrogens (tertiary/aromatic N) is 2. The van der Waals surface area contributed by atoms with Gasteiger partial charge in [0.05, 0.1) is 34.7 Å². The fourth-order valence-electron chi connectivity index (χ4n) is 4.39. The lowest BCUT2D eigenvalue weighted by molar-refractivity contribution is -0.172. The molecule has 0 saturated carbocycles. The SMILES string of the molecule is C=CCOC(=O)Nc1cccc2nc3c(cc12)Cn1c-3cc2c(c1=O)COC(=O)[C@]2(O)CC. The van der Waals surface area contributed by atoms with Gasteiger partial charge in [-0.2, -0.15) is 0 Å². The summed E-state index contributed by atoms with van der Waals surface area (Å²) in [6, 6.07) is 8.84. The molecule has 4 heterocycles. The van der Waals surface area contributed by atoms with E-state index in [1.54, 1.807) is 35.8 Å². The second kappa shape index (κ2) is 7.56. The lowest BCUT2D eigenvalue weighted by atomic mass is 9.86. The Balaban J connectivity index is 1.63. The number of rotatable bonds is 4. The standard InChI is InChI=1S/C24H21N3O6/c1-3-8-32-23(30)26-18-7-5-6-17-14(18)9-13-11-27-19(20(13)25-17)10-16-15(21(27)28)12-33-22(29)24(16,31)4-2/h3,5-7,9-10,31H,1,4,8,11-12H2,2H3,(H,26,30)/t24-/m0/s1. The molecule has 9 nitrogen and oxygen atoms in total. The average Bonchev–Trinajstić information content (AvgIpc) is 3.17. The number of carbonyl (C=O) groups is 2. The minimum Gasteiger partial charge on any atom is -0.458 e. The second-order valence-electron chi connectivity index (χ2n) is 7.98. The first kappa shape index (κ1) is 20.9. The Morgan fingerprint density at radius 3 is 2.97 bits per heavy atom. The Labute approximate surface area is 188 Å². The van der Waals surface area contributed by atoms with E-state index in [1.165, 1.54) is 6.08 Å². The van der Waals surface area contributed by atoms with Crippen LogP contribution < -0.4 is 10.9 Å². The largest absolute Gasteiger partial charge is 0.458 e. The number of hydrogen-bond donors (Lipinski definition) is 2. The number of aromatic nitrogens is 2. The van der Waals surface area contributed by atoms with E-state index in [0.717, 1.165) is 5.56 Å². The number of hydrogen-bond acceptors (Lipinski definition) is 7. The van der Waals surface area contributed by atoms with E-state index in [2.05, 4.69) is 11.9 Å². The van der Waals surface area contributed by atoms with Crippen molar-refractivity contribution in [2.45, 2.75) is 32.1 Å². The quantitative estimate of drug-likeness (QED) is 0.365. The topological polar surface area (TPSA) is 120 Å². The van der Waals surface area contributed by atoms with Crippen molar-refractivity contribution >= 4 is 28.7 Å². The lowest BCUT2D eigenvalue weighted by Gasteiger charge is -2.31. The molecule has 0 unspecified atom stereocenters. The predicted octanol–water partition coefficient (Wildman–Crippen LogP) is 2.81. The van der Waals surface area contributed by atoms with E-state index in [0.29, 0.717) is 28.0 Å². The molecule has 0 saturated heterocycles. The van der Waals surface area contributed by atoms with Gasteiger partial charge in [-0.3, -0.25) is 10.1 Å². The Morgan fingerprint density at radius 2 is 2.21 bits per heavy atom. The van der Waals surface area contributed by atoms with Gasteiger partial charge in [-0.15, -0.1) is 0 Å². The molecule has 1 aromatic carbocycles. The molecule has 2 aliphatic heterocycles. The van der Waals surface area contributed by atoms with Crippen molar-refractivity contribution in [3.8, 4) is 11.4 Å². The second-order valence-corrected chi connectivity index (χ2v) is 7.98. The highest BCUT2D eigenvalue weighted by molar-refractivity contribution is 6.00. The van der Waals surface area contributed by atoms with Crippen LogP contribution in [0, 0.1) is 0 Å². The zero-order valence-corrected chi connectivity index (χ0v) is 17.9. The number of esters is 1. The van der Waals surface area contributed by atoms with Gasteiger partial charge < -0.3 is 19.1 Å². The third-order valence-corrected chi connectivity index (χ3v) is 6.12. The summed E-state index contributed by atoms with van der Waals surface area (Å²) in [5.41, 5.74) is 1.38. The summed E-state index contributed by atoms with van der Waals surface area (Å²) in [6.07, 6.45) is 0.944. The predicted molar refractivity (Wildman–Crippen MR) is 120 cm³/mol. The summed E-state index contributed by atoms with van der Waals surface area (Å²) >= 11 is 0. The first-order chi connectivity index (χ1) is 15.9. The van der Waals surface area contributed by atoms with Crippen LogP contribution in [0.1, 0.15) is 30.0 Å². The van der Waals surface area contributed by atoms with Crippen LogP contribution in [-0.4, -0.2) is 33.3 Å². The first-order valence-corrected chi connectivity index (χ1v) is 10.5. The maximum absolute atomic E-state index is 13.2. The van der Waals surface area contributed by atoms with Crippen molar-refractivity contribution in [1.29, 1.82) is 0 Å². The fraction of sp³-hybridized carbons (Fsp3) is 0.250. The number of cyclic esters (lactones) is 1. The van der Waals surface area contributed by atoms with Crippen molar-refractivity contribution in [3.63, 3.8) is 0 Å². The van der Waals surface area contributed by atoms with Gasteiger partial charge in [-0.25, -0.2) is 14.6 Å². The van der Waals surface area contributed by atoms with Crippen molar-refractivity contribution in [2.75, 3.05) is 11.9 Å². The van der Waals surface area contributed by atoms with E-state index in [-0.39, 0.29) is 42.9 Å². The summed E-state index contributed by atoms with van der Waals surface area (Å²) in [4.78, 5) is 42.3. The number of aliphatic hydroxyl groups is 1. The molecule has 5 rings (SSSR count). The number of pyridine rings is 2. The molecule has 33 heavy (non-hydrogen) atoms. The molecular formula is C24H21N3O6. The molecule has 2 N–H and O–H groups in total. The molecule has 2 aromatic heterocycles. The molecule has 0 spiro atoms. The Morgan fingerprint density at radius 1 is 1.39 bits per heavy atom. The van der Waals surface area contributed by atoms with Crippen LogP contribution in [0.5, 0.6) is 0 Å². The van der Waals surface area contributed by atoms with Crippen LogP contribution in [0.4, 0.5) is 10.5 Å². The fourth-order valence-corrected chi connectivity index (χ4v) is 4.39. The van der Waals surface area contributed by atoms with Crippen LogP contribution in [0.3, 0.4) is 0 Å². The number of carbonyl (C=O) groups excluding carboxylic acids is 2. The van der Waals surface area contributed by atoms with E-state index in [1.807, 2.05) is 6.07 Å². The van der Waals surface area contributed by atoms with E-state index < -0.39 is 17.7 Å². The normalized spacial score (nSPS) is 18.2. The van der Waals surface area contributed by atoms with E-state index in [9.17, 15) is 19.5 Å². The van der Waals surface area contributed by atoms with Crippen molar-refractivity contribution in [1.82, 2.24) is 9.55 Å². The third-order valence-electron chi connectivity index (χ3n) is 6.12. The Hall–Kier alpha value is -3.98. The lowest BCUT2D eigenvalue weighted by Crippen LogP contribution is -2.44. The highest BCUT2D eigenvalue weighted by Crippen LogP contribution is 2.39. The van der Waals surface area contributed by atoms with Gasteiger partial charge in [0, 0.05) is 16.5 Å². The van der Waals surface area contributed by atoms with Gasteiger partial charge in [0.1, 0.15) is 13.2 Å². The molecule has 1 atom stereocenters. The molecule has 168 valence electrons. The van der Waals surface area contributed by atoms with Gasteiger partial charge in [0.2, 0.25) is 0 Å². The van der Waals surface area contributed by atoms with Crippen LogP contribution >= 0.6 is 0 Å². The number of benzene rings is 1. The number of anilines is 1. The zero-order valence-electron chi connectivity index (χ0n) is 17.9. The Bertz CT molecular complexity index is 1410.